The molecule has 18 heavy (non-hydrogen) atoms. The molecule has 4 heteroatoms. The highest BCUT2D eigenvalue weighted by Crippen LogP contribution is 2.13. The van der Waals surface area contributed by atoms with Crippen LogP contribution in [0.2, 0.25) is 0 Å². The van der Waals surface area contributed by atoms with E-state index in [1.54, 1.807) is 38.3 Å². The molecule has 1 aromatic rings. The average molecular weight is 250 g/mol. The summed E-state index contributed by atoms with van der Waals surface area (Å²) in [5.41, 5.74) is -1.69. The van der Waals surface area contributed by atoms with Gasteiger partial charge in [0.15, 0.2) is 0 Å². The first-order valence-electron chi connectivity index (χ1n) is 5.53. The van der Waals surface area contributed by atoms with Crippen molar-refractivity contribution in [1.82, 2.24) is 0 Å². The zero-order valence-electron chi connectivity index (χ0n) is 10.6. The van der Waals surface area contributed by atoms with E-state index < -0.39 is 11.6 Å². The molecule has 0 aliphatic heterocycles. The molecule has 3 nitrogen and oxygen atoms in total. The van der Waals surface area contributed by atoms with Crippen LogP contribution in [0.5, 0.6) is 5.75 Å². The predicted octanol–water partition coefficient (Wildman–Crippen LogP) is 2.34. The maximum absolute atomic E-state index is 13.8. The molecule has 0 aromatic heterocycles. The van der Waals surface area contributed by atoms with Crippen molar-refractivity contribution >= 4 is 5.97 Å². The Kier molecular flexibility index (Phi) is 4.73. The Morgan fingerprint density at radius 3 is 2.50 bits per heavy atom. The quantitative estimate of drug-likeness (QED) is 0.610. The number of methoxy groups -OCH3 is 1. The molecule has 0 amide bonds. The highest BCUT2D eigenvalue weighted by atomic mass is 19.1. The van der Waals surface area contributed by atoms with Crippen molar-refractivity contribution in [2.45, 2.75) is 19.5 Å². The molecule has 0 heterocycles. The van der Waals surface area contributed by atoms with E-state index in [2.05, 4.69) is 16.6 Å². The van der Waals surface area contributed by atoms with Gasteiger partial charge in [0.05, 0.1) is 13.7 Å². The van der Waals surface area contributed by atoms with E-state index in [-0.39, 0.29) is 6.61 Å². The van der Waals surface area contributed by atoms with Gasteiger partial charge in [-0.25, -0.2) is 9.18 Å². The van der Waals surface area contributed by atoms with E-state index in [4.69, 9.17) is 4.74 Å². The van der Waals surface area contributed by atoms with Crippen molar-refractivity contribution in [3.8, 4) is 17.6 Å². The first-order chi connectivity index (χ1) is 8.49. The van der Waals surface area contributed by atoms with Crippen LogP contribution in [0.3, 0.4) is 0 Å². The van der Waals surface area contributed by atoms with Crippen molar-refractivity contribution in [3.05, 3.63) is 29.8 Å². The number of halogens is 1. The third kappa shape index (κ3) is 3.77. The van der Waals surface area contributed by atoms with E-state index in [0.29, 0.717) is 11.3 Å². The zero-order chi connectivity index (χ0) is 13.6. The molecule has 1 atom stereocenters. The van der Waals surface area contributed by atoms with Crippen LogP contribution in [0.1, 0.15) is 19.4 Å². The summed E-state index contributed by atoms with van der Waals surface area (Å²) in [6, 6.07) is 6.80. The SMILES string of the molecule is CCOC(=O)C(C)(F)C#Cc1ccc(OC)cc1. The molecule has 1 rings (SSSR count). The van der Waals surface area contributed by atoms with Gasteiger partial charge in [0.1, 0.15) is 5.75 Å². The molecule has 1 unspecified atom stereocenters. The number of hydrogen-bond acceptors (Lipinski definition) is 3. The lowest BCUT2D eigenvalue weighted by molar-refractivity contribution is -0.152. The highest BCUT2D eigenvalue weighted by molar-refractivity contribution is 5.83. The van der Waals surface area contributed by atoms with Crippen LogP contribution in [0.4, 0.5) is 4.39 Å². The fourth-order valence-electron chi connectivity index (χ4n) is 1.18. The van der Waals surface area contributed by atoms with Crippen LogP contribution < -0.4 is 4.74 Å². The average Bonchev–Trinajstić information content (AvgIpc) is 2.37. The lowest BCUT2D eigenvalue weighted by Crippen LogP contribution is -2.30. The molecule has 0 bridgehead atoms. The number of rotatable bonds is 3. The largest absolute Gasteiger partial charge is 0.497 e. The van der Waals surface area contributed by atoms with E-state index in [0.717, 1.165) is 6.92 Å². The molecule has 0 aliphatic carbocycles. The van der Waals surface area contributed by atoms with Gasteiger partial charge in [-0.05, 0) is 44.0 Å². The minimum absolute atomic E-state index is 0.128. The number of alkyl halides is 1. The standard InChI is InChI=1S/C14H15FO3/c1-4-18-13(16)14(2,15)10-9-11-5-7-12(17-3)8-6-11/h5-8H,4H2,1-3H3. The summed E-state index contributed by atoms with van der Waals surface area (Å²) in [5, 5.41) is 0. The molecule has 96 valence electrons. The Bertz CT molecular complexity index is 466. The van der Waals surface area contributed by atoms with Gasteiger partial charge in [-0.1, -0.05) is 5.92 Å². The number of ether oxygens (including phenoxy) is 2. The summed E-state index contributed by atoms with van der Waals surface area (Å²) >= 11 is 0. The molecule has 1 aromatic carbocycles. The molecule has 0 aliphatic rings. The molecule has 0 radical (unpaired) electrons. The van der Waals surface area contributed by atoms with Crippen LogP contribution in [-0.2, 0) is 9.53 Å². The van der Waals surface area contributed by atoms with Gasteiger partial charge in [0.25, 0.3) is 5.67 Å². The van der Waals surface area contributed by atoms with Crippen LogP contribution in [0, 0.1) is 11.8 Å². The molecule has 0 N–H and O–H groups in total. The summed E-state index contributed by atoms with van der Waals surface area (Å²) in [5.74, 6) is 4.58. The first-order valence-corrected chi connectivity index (χ1v) is 5.53. The zero-order valence-corrected chi connectivity index (χ0v) is 10.6. The molecular formula is C14H15FO3. The summed E-state index contributed by atoms with van der Waals surface area (Å²) in [6.07, 6.45) is 0. The highest BCUT2D eigenvalue weighted by Gasteiger charge is 2.32. The van der Waals surface area contributed by atoms with Crippen LogP contribution in [0.15, 0.2) is 24.3 Å². The van der Waals surface area contributed by atoms with Crippen LogP contribution in [-0.4, -0.2) is 25.4 Å². The predicted molar refractivity (Wildman–Crippen MR) is 66.0 cm³/mol. The summed E-state index contributed by atoms with van der Waals surface area (Å²) < 4.78 is 23.4. The minimum atomic E-state index is -2.30. The number of benzene rings is 1. The Labute approximate surface area is 106 Å². The summed E-state index contributed by atoms with van der Waals surface area (Å²) in [4.78, 5) is 11.3. The smallest absolute Gasteiger partial charge is 0.356 e. The maximum atomic E-state index is 13.8. The monoisotopic (exact) mass is 250 g/mol. The Hall–Kier alpha value is -2.02. The van der Waals surface area contributed by atoms with Gasteiger partial charge in [0, 0.05) is 5.56 Å². The van der Waals surface area contributed by atoms with Gasteiger partial charge >= 0.3 is 5.97 Å². The summed E-state index contributed by atoms with van der Waals surface area (Å²) in [6.45, 7) is 2.83. The lowest BCUT2D eigenvalue weighted by Gasteiger charge is -2.10. The number of hydrogen-bond donors (Lipinski definition) is 0. The summed E-state index contributed by atoms with van der Waals surface area (Å²) in [7, 11) is 1.56. The van der Waals surface area contributed by atoms with Crippen molar-refractivity contribution in [3.63, 3.8) is 0 Å². The minimum Gasteiger partial charge on any atom is -0.497 e. The van der Waals surface area contributed by atoms with Gasteiger partial charge in [0.2, 0.25) is 0 Å². The fourth-order valence-corrected chi connectivity index (χ4v) is 1.18. The Morgan fingerprint density at radius 2 is 2.00 bits per heavy atom. The lowest BCUT2D eigenvalue weighted by atomic mass is 10.1. The van der Waals surface area contributed by atoms with Crippen LogP contribution >= 0.6 is 0 Å². The number of esters is 1. The second-order valence-electron chi connectivity index (χ2n) is 3.70. The van der Waals surface area contributed by atoms with Crippen LogP contribution in [0.25, 0.3) is 0 Å². The van der Waals surface area contributed by atoms with Gasteiger partial charge in [-0.3, -0.25) is 0 Å². The van der Waals surface area contributed by atoms with E-state index >= 15 is 0 Å². The number of carbonyl (C=O) groups is 1. The molecule has 0 saturated carbocycles. The second kappa shape index (κ2) is 6.06. The third-order valence-corrected chi connectivity index (χ3v) is 2.19. The second-order valence-corrected chi connectivity index (χ2v) is 3.70. The fraction of sp³-hybridized carbons (Fsp3) is 0.357. The molecule has 0 spiro atoms. The molecule has 0 saturated heterocycles. The Balaban J connectivity index is 2.82. The first kappa shape index (κ1) is 14.0. The van der Waals surface area contributed by atoms with Crippen molar-refractivity contribution in [2.75, 3.05) is 13.7 Å². The van der Waals surface area contributed by atoms with Crippen molar-refractivity contribution < 1.29 is 18.7 Å². The van der Waals surface area contributed by atoms with E-state index in [1.165, 1.54) is 0 Å². The Morgan fingerprint density at radius 1 is 1.39 bits per heavy atom. The van der Waals surface area contributed by atoms with E-state index in [1.807, 2.05) is 0 Å². The van der Waals surface area contributed by atoms with Crippen molar-refractivity contribution in [1.29, 1.82) is 0 Å². The molecular weight excluding hydrogens is 235 g/mol. The normalized spacial score (nSPS) is 12.9. The van der Waals surface area contributed by atoms with Gasteiger partial charge in [-0.15, -0.1) is 0 Å². The van der Waals surface area contributed by atoms with Crippen molar-refractivity contribution in [2.24, 2.45) is 0 Å². The van der Waals surface area contributed by atoms with Gasteiger partial charge < -0.3 is 9.47 Å². The number of carbonyl (C=O) groups excluding carboxylic acids is 1. The van der Waals surface area contributed by atoms with Gasteiger partial charge in [-0.2, -0.15) is 0 Å². The maximum Gasteiger partial charge on any atom is 0.356 e. The van der Waals surface area contributed by atoms with E-state index in [9.17, 15) is 9.18 Å². The molecule has 0 fully saturated rings. The topological polar surface area (TPSA) is 35.5 Å². The third-order valence-electron chi connectivity index (χ3n) is 2.19.